The van der Waals surface area contributed by atoms with Crippen molar-refractivity contribution in [2.75, 3.05) is 5.32 Å². The molecule has 5 nitrogen and oxygen atoms in total. The minimum absolute atomic E-state index is 0.381. The summed E-state index contributed by atoms with van der Waals surface area (Å²) in [7, 11) is 0. The van der Waals surface area contributed by atoms with Gasteiger partial charge < -0.3 is 5.32 Å². The Kier molecular flexibility index (Phi) is 3.94. The molecule has 5 heteroatoms. The third-order valence-electron chi connectivity index (χ3n) is 6.38. The van der Waals surface area contributed by atoms with Crippen molar-refractivity contribution in [1.82, 2.24) is 19.6 Å². The molecule has 0 fully saturated rings. The second-order valence-electron chi connectivity index (χ2n) is 8.33. The summed E-state index contributed by atoms with van der Waals surface area (Å²) in [6.07, 6.45) is 10.0. The molecule has 2 aliphatic rings. The molecule has 0 amide bonds. The zero-order valence-corrected chi connectivity index (χ0v) is 17.0. The molecule has 1 unspecified atom stereocenters. The van der Waals surface area contributed by atoms with Crippen LogP contribution in [0, 0.1) is 6.92 Å². The Morgan fingerprint density at radius 1 is 1.10 bits per heavy atom. The second kappa shape index (κ2) is 6.80. The normalized spacial score (nSPS) is 17.8. The maximum Gasteiger partial charge on any atom is 0.160 e. The number of allylic oxidation sites excluding steroid dienone is 1. The number of aryl methyl sites for hydroxylation is 1. The summed E-state index contributed by atoms with van der Waals surface area (Å²) in [4.78, 5) is 9.12. The van der Waals surface area contributed by atoms with E-state index >= 15 is 0 Å². The standard InChI is InChI=1S/C25H23N5/c1-16-14-27-30-24(13-23(29-25(16)30)19-6-4-10-26-15-19)28-20-9-8-18-11-17-5-2-3-7-21(17)22(18)12-20/h2-7,10,13-15,20,28H,8-9,11-12H2,1H3. The summed E-state index contributed by atoms with van der Waals surface area (Å²) < 4.78 is 1.93. The lowest BCUT2D eigenvalue weighted by Crippen LogP contribution is -2.24. The minimum Gasteiger partial charge on any atom is -0.367 e. The van der Waals surface area contributed by atoms with Crippen molar-refractivity contribution in [1.29, 1.82) is 0 Å². The first kappa shape index (κ1) is 17.4. The SMILES string of the molecule is Cc1cnn2c(NC3CCC4=C(C3)c3ccccc3C4)cc(-c3cccnc3)nc12. The van der Waals surface area contributed by atoms with Gasteiger partial charge in [-0.1, -0.05) is 29.8 Å². The van der Waals surface area contributed by atoms with Gasteiger partial charge in [-0.3, -0.25) is 4.98 Å². The summed E-state index contributed by atoms with van der Waals surface area (Å²) in [5, 5.41) is 8.38. The Hall–Kier alpha value is -3.47. The number of nitrogens with zero attached hydrogens (tertiary/aromatic N) is 4. The van der Waals surface area contributed by atoms with Crippen LogP contribution in [0.25, 0.3) is 22.5 Å². The predicted octanol–water partition coefficient (Wildman–Crippen LogP) is 5.07. The smallest absolute Gasteiger partial charge is 0.160 e. The first-order chi connectivity index (χ1) is 14.8. The van der Waals surface area contributed by atoms with Gasteiger partial charge in [0, 0.05) is 35.6 Å². The van der Waals surface area contributed by atoms with Crippen LogP contribution in [0.4, 0.5) is 5.82 Å². The Labute approximate surface area is 175 Å². The topological polar surface area (TPSA) is 55.1 Å². The molecule has 4 aromatic rings. The van der Waals surface area contributed by atoms with Gasteiger partial charge in [-0.15, -0.1) is 0 Å². The highest BCUT2D eigenvalue weighted by Crippen LogP contribution is 2.42. The van der Waals surface area contributed by atoms with Crippen molar-refractivity contribution in [3.05, 3.63) is 83.3 Å². The second-order valence-corrected chi connectivity index (χ2v) is 8.33. The fourth-order valence-electron chi connectivity index (χ4n) is 4.86. The van der Waals surface area contributed by atoms with Gasteiger partial charge >= 0.3 is 0 Å². The average Bonchev–Trinajstić information content (AvgIpc) is 3.35. The maximum absolute atomic E-state index is 4.85. The molecule has 0 spiro atoms. The number of rotatable bonds is 3. The molecule has 1 aromatic carbocycles. The van der Waals surface area contributed by atoms with Crippen LogP contribution < -0.4 is 5.32 Å². The van der Waals surface area contributed by atoms with Crippen molar-refractivity contribution >= 4 is 17.0 Å². The van der Waals surface area contributed by atoms with E-state index in [2.05, 4.69) is 58.7 Å². The molecular formula is C25H23N5. The van der Waals surface area contributed by atoms with Crippen molar-refractivity contribution in [2.45, 2.75) is 38.6 Å². The molecule has 0 bridgehead atoms. The predicted molar refractivity (Wildman–Crippen MR) is 119 cm³/mol. The van der Waals surface area contributed by atoms with Gasteiger partial charge in [-0.2, -0.15) is 9.61 Å². The first-order valence-corrected chi connectivity index (χ1v) is 10.6. The monoisotopic (exact) mass is 393 g/mol. The van der Waals surface area contributed by atoms with Crippen LogP contribution in [0.15, 0.2) is 66.6 Å². The van der Waals surface area contributed by atoms with E-state index < -0.39 is 0 Å². The molecule has 1 atom stereocenters. The van der Waals surface area contributed by atoms with Gasteiger partial charge in [0.25, 0.3) is 0 Å². The number of aromatic nitrogens is 4. The van der Waals surface area contributed by atoms with Gasteiger partial charge in [0.05, 0.1) is 11.9 Å². The number of hydrogen-bond acceptors (Lipinski definition) is 4. The fourth-order valence-corrected chi connectivity index (χ4v) is 4.86. The van der Waals surface area contributed by atoms with Crippen LogP contribution in [-0.4, -0.2) is 25.6 Å². The molecule has 1 N–H and O–H groups in total. The lowest BCUT2D eigenvalue weighted by atomic mass is 9.88. The van der Waals surface area contributed by atoms with Crippen molar-refractivity contribution < 1.29 is 0 Å². The highest BCUT2D eigenvalue weighted by atomic mass is 15.3. The van der Waals surface area contributed by atoms with E-state index in [-0.39, 0.29) is 0 Å². The number of benzene rings is 1. The van der Waals surface area contributed by atoms with Crippen LogP contribution >= 0.6 is 0 Å². The van der Waals surface area contributed by atoms with E-state index in [0.717, 1.165) is 54.0 Å². The number of fused-ring (bicyclic) bond motifs is 3. The third kappa shape index (κ3) is 2.81. The van der Waals surface area contributed by atoms with Gasteiger partial charge in [-0.25, -0.2) is 4.98 Å². The molecule has 0 saturated carbocycles. The summed E-state index contributed by atoms with van der Waals surface area (Å²) in [5.74, 6) is 0.993. The molecule has 0 saturated heterocycles. The molecule has 3 heterocycles. The molecule has 30 heavy (non-hydrogen) atoms. The average molecular weight is 393 g/mol. The van der Waals surface area contributed by atoms with Gasteiger partial charge in [0.2, 0.25) is 0 Å². The molecule has 6 rings (SSSR count). The molecule has 0 radical (unpaired) electrons. The van der Waals surface area contributed by atoms with E-state index in [1.54, 1.807) is 17.3 Å². The number of pyridine rings is 1. The first-order valence-electron chi connectivity index (χ1n) is 10.6. The van der Waals surface area contributed by atoms with Crippen LogP contribution in [0.1, 0.15) is 36.0 Å². The van der Waals surface area contributed by atoms with E-state index in [9.17, 15) is 0 Å². The van der Waals surface area contributed by atoms with Crippen molar-refractivity contribution in [3.8, 4) is 11.3 Å². The van der Waals surface area contributed by atoms with E-state index in [1.165, 1.54) is 11.1 Å². The summed E-state index contributed by atoms with van der Waals surface area (Å²) in [5.41, 5.74) is 10.00. The van der Waals surface area contributed by atoms with Crippen molar-refractivity contribution in [2.24, 2.45) is 0 Å². The highest BCUT2D eigenvalue weighted by molar-refractivity contribution is 5.78. The Morgan fingerprint density at radius 3 is 2.93 bits per heavy atom. The Balaban J connectivity index is 1.36. The summed E-state index contributed by atoms with van der Waals surface area (Å²) in [6, 6.07) is 15.3. The maximum atomic E-state index is 4.85. The van der Waals surface area contributed by atoms with Crippen LogP contribution in [0.5, 0.6) is 0 Å². The van der Waals surface area contributed by atoms with Crippen LogP contribution in [0.2, 0.25) is 0 Å². The third-order valence-corrected chi connectivity index (χ3v) is 6.38. The molecule has 3 aromatic heterocycles. The zero-order valence-electron chi connectivity index (χ0n) is 17.0. The quantitative estimate of drug-likeness (QED) is 0.528. The van der Waals surface area contributed by atoms with E-state index in [1.807, 2.05) is 23.0 Å². The van der Waals surface area contributed by atoms with Gasteiger partial charge in [-0.05, 0) is 61.4 Å². The van der Waals surface area contributed by atoms with E-state index in [0.29, 0.717) is 6.04 Å². The molecule has 0 aliphatic heterocycles. The lowest BCUT2D eigenvalue weighted by Gasteiger charge is -2.26. The lowest BCUT2D eigenvalue weighted by molar-refractivity contribution is 0.629. The Bertz CT molecular complexity index is 1290. The fraction of sp³-hybridized carbons (Fsp3) is 0.240. The van der Waals surface area contributed by atoms with Crippen molar-refractivity contribution in [3.63, 3.8) is 0 Å². The highest BCUT2D eigenvalue weighted by Gasteiger charge is 2.28. The van der Waals surface area contributed by atoms with Gasteiger partial charge in [0.1, 0.15) is 5.82 Å². The molecule has 148 valence electrons. The van der Waals surface area contributed by atoms with Crippen LogP contribution in [0.3, 0.4) is 0 Å². The minimum atomic E-state index is 0.381. The summed E-state index contributed by atoms with van der Waals surface area (Å²) >= 11 is 0. The van der Waals surface area contributed by atoms with Gasteiger partial charge in [0.15, 0.2) is 5.65 Å². The molecule has 2 aliphatic carbocycles. The number of anilines is 1. The number of nitrogens with one attached hydrogen (secondary N) is 1. The summed E-state index contributed by atoms with van der Waals surface area (Å²) in [6.45, 7) is 2.05. The largest absolute Gasteiger partial charge is 0.367 e. The van der Waals surface area contributed by atoms with E-state index in [4.69, 9.17) is 4.98 Å². The Morgan fingerprint density at radius 2 is 2.03 bits per heavy atom. The zero-order chi connectivity index (χ0) is 20.1. The van der Waals surface area contributed by atoms with Crippen LogP contribution in [-0.2, 0) is 6.42 Å². The number of hydrogen-bond donors (Lipinski definition) is 1. The molecular weight excluding hydrogens is 370 g/mol.